The van der Waals surface area contributed by atoms with Crippen LogP contribution in [0.2, 0.25) is 5.02 Å². The van der Waals surface area contributed by atoms with Gasteiger partial charge in [0.05, 0.1) is 18.9 Å². The Labute approximate surface area is 178 Å². The van der Waals surface area contributed by atoms with Gasteiger partial charge in [0.1, 0.15) is 5.75 Å². The monoisotopic (exact) mass is 429 g/mol. The molecule has 1 N–H and O–H groups in total. The molecule has 1 saturated heterocycles. The molecule has 8 heteroatoms. The Kier molecular flexibility index (Phi) is 6.29. The summed E-state index contributed by atoms with van der Waals surface area (Å²) >= 11 is 7.54. The number of morpholine rings is 1. The summed E-state index contributed by atoms with van der Waals surface area (Å²) in [5.74, 6) is 0.323. The van der Waals surface area contributed by atoms with E-state index in [0.717, 1.165) is 42.7 Å². The number of hydrogen-bond acceptors (Lipinski definition) is 6. The second-order valence-electron chi connectivity index (χ2n) is 6.49. The van der Waals surface area contributed by atoms with E-state index in [-0.39, 0.29) is 12.5 Å². The highest BCUT2D eigenvalue weighted by Gasteiger charge is 2.15. The maximum atomic E-state index is 12.1. The fourth-order valence-corrected chi connectivity index (χ4v) is 3.99. The van der Waals surface area contributed by atoms with Gasteiger partial charge in [-0.3, -0.25) is 4.79 Å². The van der Waals surface area contributed by atoms with Gasteiger partial charge in [0.15, 0.2) is 11.7 Å². The van der Waals surface area contributed by atoms with Gasteiger partial charge >= 0.3 is 0 Å². The predicted molar refractivity (Wildman–Crippen MR) is 116 cm³/mol. The molecule has 2 aromatic carbocycles. The van der Waals surface area contributed by atoms with Crippen LogP contribution in [0, 0.1) is 0 Å². The number of anilines is 2. The molecule has 4 rings (SSSR count). The van der Waals surface area contributed by atoms with Crippen LogP contribution < -0.4 is 15.0 Å². The van der Waals surface area contributed by atoms with E-state index in [0.29, 0.717) is 16.5 Å². The molecule has 0 saturated carbocycles. The highest BCUT2D eigenvalue weighted by atomic mass is 35.5. The van der Waals surface area contributed by atoms with Gasteiger partial charge in [-0.05, 0) is 30.3 Å². The molecule has 0 unspecified atom stereocenters. The molecule has 2 heterocycles. The average Bonchev–Trinajstić information content (AvgIpc) is 3.24. The van der Waals surface area contributed by atoms with E-state index in [1.165, 1.54) is 0 Å². The first-order chi connectivity index (χ1) is 14.2. The van der Waals surface area contributed by atoms with Gasteiger partial charge in [0.2, 0.25) is 0 Å². The summed E-state index contributed by atoms with van der Waals surface area (Å²) in [7, 11) is 0. The largest absolute Gasteiger partial charge is 0.484 e. The summed E-state index contributed by atoms with van der Waals surface area (Å²) in [6.45, 7) is 3.14. The van der Waals surface area contributed by atoms with Crippen molar-refractivity contribution in [1.82, 2.24) is 4.98 Å². The molecule has 1 aliphatic heterocycles. The Morgan fingerprint density at radius 1 is 1.21 bits per heavy atom. The van der Waals surface area contributed by atoms with Gasteiger partial charge in [-0.1, -0.05) is 29.8 Å². The van der Waals surface area contributed by atoms with Crippen molar-refractivity contribution in [3.05, 3.63) is 58.9 Å². The van der Waals surface area contributed by atoms with Crippen LogP contribution in [0.4, 0.5) is 10.8 Å². The van der Waals surface area contributed by atoms with Crippen molar-refractivity contribution in [1.29, 1.82) is 0 Å². The summed E-state index contributed by atoms with van der Waals surface area (Å²) in [4.78, 5) is 19.1. The molecule has 1 amide bonds. The van der Waals surface area contributed by atoms with Crippen LogP contribution in [0.1, 0.15) is 0 Å². The van der Waals surface area contributed by atoms with Gasteiger partial charge in [-0.25, -0.2) is 4.98 Å². The zero-order valence-corrected chi connectivity index (χ0v) is 17.2. The minimum Gasteiger partial charge on any atom is -0.484 e. The number of ether oxygens (including phenoxy) is 2. The molecular weight excluding hydrogens is 410 g/mol. The number of rotatable bonds is 6. The first kappa shape index (κ1) is 19.7. The van der Waals surface area contributed by atoms with Crippen molar-refractivity contribution >= 4 is 39.7 Å². The van der Waals surface area contributed by atoms with Crippen LogP contribution in [0.5, 0.6) is 5.75 Å². The van der Waals surface area contributed by atoms with Crippen LogP contribution in [0.15, 0.2) is 53.9 Å². The van der Waals surface area contributed by atoms with Crippen LogP contribution in [-0.2, 0) is 9.53 Å². The Balaban J connectivity index is 1.33. The Hall–Kier alpha value is -2.61. The Bertz CT molecular complexity index is 971. The molecule has 0 spiro atoms. The summed E-state index contributed by atoms with van der Waals surface area (Å²) in [6.07, 6.45) is 0. The van der Waals surface area contributed by atoms with Crippen molar-refractivity contribution in [2.24, 2.45) is 0 Å². The molecule has 1 aromatic heterocycles. The number of nitrogens with one attached hydrogen (secondary N) is 1. The number of amides is 1. The van der Waals surface area contributed by atoms with Gasteiger partial charge in [-0.15, -0.1) is 11.3 Å². The lowest BCUT2D eigenvalue weighted by Gasteiger charge is -2.26. The molecule has 0 bridgehead atoms. The normalized spacial score (nSPS) is 13.9. The molecule has 0 atom stereocenters. The van der Waals surface area contributed by atoms with E-state index in [1.807, 2.05) is 24.3 Å². The number of halogens is 1. The summed E-state index contributed by atoms with van der Waals surface area (Å²) < 4.78 is 10.8. The molecule has 150 valence electrons. The molecule has 6 nitrogen and oxygen atoms in total. The van der Waals surface area contributed by atoms with Gasteiger partial charge in [0.25, 0.3) is 5.91 Å². The highest BCUT2D eigenvalue weighted by molar-refractivity contribution is 7.14. The summed E-state index contributed by atoms with van der Waals surface area (Å²) in [5.41, 5.74) is 2.64. The van der Waals surface area contributed by atoms with Crippen LogP contribution in [0.3, 0.4) is 0 Å². The van der Waals surface area contributed by atoms with Crippen molar-refractivity contribution in [2.45, 2.75) is 0 Å². The number of thiazole rings is 1. The topological polar surface area (TPSA) is 63.7 Å². The smallest absolute Gasteiger partial charge is 0.262 e. The van der Waals surface area contributed by atoms with E-state index in [9.17, 15) is 4.79 Å². The minimum absolute atomic E-state index is 0.0862. The summed E-state index contributed by atoms with van der Waals surface area (Å²) in [5, 5.41) is 6.46. The third-order valence-corrected chi connectivity index (χ3v) is 5.54. The summed E-state index contributed by atoms with van der Waals surface area (Å²) in [6, 6.07) is 14.6. The Morgan fingerprint density at radius 2 is 2.00 bits per heavy atom. The first-order valence-electron chi connectivity index (χ1n) is 9.24. The van der Waals surface area contributed by atoms with Crippen LogP contribution in [0.25, 0.3) is 11.3 Å². The molecule has 3 aromatic rings. The van der Waals surface area contributed by atoms with Crippen molar-refractivity contribution < 1.29 is 14.3 Å². The quantitative estimate of drug-likeness (QED) is 0.632. The van der Waals surface area contributed by atoms with Crippen molar-refractivity contribution in [3.63, 3.8) is 0 Å². The third-order valence-electron chi connectivity index (χ3n) is 4.40. The van der Waals surface area contributed by atoms with E-state index in [4.69, 9.17) is 26.1 Å². The molecule has 0 aliphatic carbocycles. The second-order valence-corrected chi connectivity index (χ2v) is 7.76. The average molecular weight is 430 g/mol. The SMILES string of the molecule is O=C(COc1cccc(Cl)c1)Nc1ccc(-c2csc(N3CCOCC3)n2)cc1. The third kappa shape index (κ3) is 5.26. The number of benzene rings is 2. The van der Waals surface area contributed by atoms with Gasteiger partial charge in [0, 0.05) is 34.7 Å². The van der Waals surface area contributed by atoms with E-state index in [2.05, 4.69) is 15.6 Å². The first-order valence-corrected chi connectivity index (χ1v) is 10.5. The highest BCUT2D eigenvalue weighted by Crippen LogP contribution is 2.28. The lowest BCUT2D eigenvalue weighted by Crippen LogP contribution is -2.36. The fraction of sp³-hybridized carbons (Fsp3) is 0.238. The maximum Gasteiger partial charge on any atom is 0.262 e. The fourth-order valence-electron chi connectivity index (χ4n) is 2.92. The number of nitrogens with zero attached hydrogens (tertiary/aromatic N) is 2. The van der Waals surface area contributed by atoms with E-state index >= 15 is 0 Å². The van der Waals surface area contributed by atoms with Gasteiger partial charge < -0.3 is 19.7 Å². The molecule has 1 aliphatic rings. The maximum absolute atomic E-state index is 12.1. The lowest BCUT2D eigenvalue weighted by atomic mass is 10.1. The zero-order valence-electron chi connectivity index (χ0n) is 15.6. The number of hydrogen-bond donors (Lipinski definition) is 1. The van der Waals surface area contributed by atoms with E-state index < -0.39 is 0 Å². The number of aromatic nitrogens is 1. The number of carbonyl (C=O) groups excluding carboxylic acids is 1. The van der Waals surface area contributed by atoms with Crippen molar-refractivity contribution in [3.8, 4) is 17.0 Å². The zero-order chi connectivity index (χ0) is 20.1. The molecule has 29 heavy (non-hydrogen) atoms. The predicted octanol–water partition coefficient (Wildman–Crippen LogP) is 4.32. The standard InChI is InChI=1S/C21H20ClN3O3S/c22-16-2-1-3-18(12-16)28-13-20(26)23-17-6-4-15(5-7-17)19-14-29-21(24-19)25-8-10-27-11-9-25/h1-7,12,14H,8-11,13H2,(H,23,26). The van der Waals surface area contributed by atoms with E-state index in [1.54, 1.807) is 35.6 Å². The molecular formula is C21H20ClN3O3S. The number of carbonyl (C=O) groups is 1. The Morgan fingerprint density at radius 3 is 2.76 bits per heavy atom. The second kappa shape index (κ2) is 9.26. The lowest BCUT2D eigenvalue weighted by molar-refractivity contribution is -0.118. The minimum atomic E-state index is -0.235. The van der Waals surface area contributed by atoms with Crippen molar-refractivity contribution in [2.75, 3.05) is 43.1 Å². The van der Waals surface area contributed by atoms with Crippen LogP contribution >= 0.6 is 22.9 Å². The molecule has 1 fully saturated rings. The molecule has 0 radical (unpaired) electrons. The van der Waals surface area contributed by atoms with Gasteiger partial charge in [-0.2, -0.15) is 0 Å². The van der Waals surface area contributed by atoms with Crippen LogP contribution in [-0.4, -0.2) is 43.8 Å².